The molecule has 6 nitrogen and oxygen atoms in total. The summed E-state index contributed by atoms with van der Waals surface area (Å²) in [7, 11) is 0. The number of rotatable bonds is 3. The van der Waals surface area contributed by atoms with E-state index in [9.17, 15) is 10.1 Å². The van der Waals surface area contributed by atoms with Crippen molar-refractivity contribution < 1.29 is 9.66 Å². The summed E-state index contributed by atoms with van der Waals surface area (Å²) in [6, 6.07) is 7.50. The Morgan fingerprint density at radius 2 is 2.11 bits per heavy atom. The molecule has 0 saturated heterocycles. The minimum Gasteiger partial charge on any atom is -0.434 e. The summed E-state index contributed by atoms with van der Waals surface area (Å²) in [6.45, 7) is 1.80. The first-order valence-corrected chi connectivity index (χ1v) is 5.70. The number of nitrogens with two attached hydrogens (primary N) is 1. The molecule has 0 unspecified atom stereocenters. The molecule has 1 heterocycles. The molecule has 2 N–H and O–H groups in total. The fraction of sp³-hybridized carbons (Fsp3) is 0.0833. The van der Waals surface area contributed by atoms with Crippen LogP contribution in [0.25, 0.3) is 0 Å². The van der Waals surface area contributed by atoms with Crippen molar-refractivity contribution in [2.75, 3.05) is 5.73 Å². The van der Waals surface area contributed by atoms with E-state index in [1.54, 1.807) is 25.1 Å². The zero-order chi connectivity index (χ0) is 14.0. The molecule has 0 saturated carbocycles. The quantitative estimate of drug-likeness (QED) is 0.687. The summed E-state index contributed by atoms with van der Waals surface area (Å²) in [6.07, 6.45) is 0. The summed E-state index contributed by atoms with van der Waals surface area (Å²) in [5, 5.41) is 11.5. The molecule has 0 spiro atoms. The summed E-state index contributed by atoms with van der Waals surface area (Å²) in [5.41, 5.74) is 6.05. The predicted molar refractivity (Wildman–Crippen MR) is 71.6 cm³/mol. The molecule has 0 radical (unpaired) electrons. The number of nitrogen functional groups attached to an aromatic ring is 1. The molecule has 98 valence electrons. The van der Waals surface area contributed by atoms with E-state index in [0.717, 1.165) is 5.56 Å². The van der Waals surface area contributed by atoms with Gasteiger partial charge in [-0.1, -0.05) is 11.6 Å². The molecular weight excluding hydrogens is 270 g/mol. The van der Waals surface area contributed by atoms with Crippen LogP contribution in [0.2, 0.25) is 5.02 Å². The Morgan fingerprint density at radius 3 is 2.74 bits per heavy atom. The van der Waals surface area contributed by atoms with Crippen LogP contribution in [-0.4, -0.2) is 9.91 Å². The number of ether oxygens (including phenoxy) is 1. The average molecular weight is 280 g/mol. The van der Waals surface area contributed by atoms with Crippen LogP contribution in [0.15, 0.2) is 30.3 Å². The SMILES string of the molecule is Cc1cc(Oc2nc(N)ccc2[N+](=O)[O-])ccc1Cl. The number of nitrogens with zero attached hydrogens (tertiary/aromatic N) is 2. The van der Waals surface area contributed by atoms with Crippen molar-refractivity contribution in [1.82, 2.24) is 4.98 Å². The maximum atomic E-state index is 10.9. The molecule has 19 heavy (non-hydrogen) atoms. The molecule has 0 amide bonds. The summed E-state index contributed by atoms with van der Waals surface area (Å²) < 4.78 is 5.40. The van der Waals surface area contributed by atoms with Gasteiger partial charge in [0.15, 0.2) is 0 Å². The Kier molecular flexibility index (Phi) is 3.52. The topological polar surface area (TPSA) is 91.3 Å². The average Bonchev–Trinajstić information content (AvgIpc) is 2.33. The van der Waals surface area contributed by atoms with E-state index in [1.807, 2.05) is 0 Å². The van der Waals surface area contributed by atoms with E-state index in [0.29, 0.717) is 10.8 Å². The fourth-order valence-electron chi connectivity index (χ4n) is 1.45. The normalized spacial score (nSPS) is 10.2. The van der Waals surface area contributed by atoms with Gasteiger partial charge in [-0.3, -0.25) is 10.1 Å². The summed E-state index contributed by atoms with van der Waals surface area (Å²) in [4.78, 5) is 14.1. The van der Waals surface area contributed by atoms with Gasteiger partial charge >= 0.3 is 11.6 Å². The third-order valence-electron chi connectivity index (χ3n) is 2.40. The minimum atomic E-state index is -0.579. The van der Waals surface area contributed by atoms with Crippen molar-refractivity contribution in [2.24, 2.45) is 0 Å². The zero-order valence-electron chi connectivity index (χ0n) is 9.96. The number of pyridine rings is 1. The van der Waals surface area contributed by atoms with Crippen LogP contribution in [0, 0.1) is 17.0 Å². The molecule has 2 aromatic rings. The number of hydrogen-bond acceptors (Lipinski definition) is 5. The number of benzene rings is 1. The highest BCUT2D eigenvalue weighted by Gasteiger charge is 2.18. The Hall–Kier alpha value is -2.34. The van der Waals surface area contributed by atoms with Gasteiger partial charge in [-0.05, 0) is 36.8 Å². The maximum absolute atomic E-state index is 10.9. The molecule has 0 aliphatic heterocycles. The smallest absolute Gasteiger partial charge is 0.331 e. The number of hydrogen-bond donors (Lipinski definition) is 1. The monoisotopic (exact) mass is 279 g/mol. The van der Waals surface area contributed by atoms with Gasteiger partial charge in [0.1, 0.15) is 11.6 Å². The summed E-state index contributed by atoms with van der Waals surface area (Å²) >= 11 is 5.89. The molecular formula is C12H10ClN3O3. The third kappa shape index (κ3) is 2.92. The van der Waals surface area contributed by atoms with Gasteiger partial charge in [-0.2, -0.15) is 4.98 Å². The third-order valence-corrected chi connectivity index (χ3v) is 2.83. The lowest BCUT2D eigenvalue weighted by atomic mass is 10.2. The van der Waals surface area contributed by atoms with Crippen LogP contribution in [0.4, 0.5) is 11.5 Å². The van der Waals surface area contributed by atoms with Gasteiger partial charge in [0.05, 0.1) is 4.92 Å². The zero-order valence-corrected chi connectivity index (χ0v) is 10.7. The number of halogens is 1. The number of nitro groups is 1. The van der Waals surface area contributed by atoms with E-state index in [1.165, 1.54) is 12.1 Å². The van der Waals surface area contributed by atoms with E-state index in [4.69, 9.17) is 22.1 Å². The van der Waals surface area contributed by atoms with Crippen molar-refractivity contribution in [1.29, 1.82) is 0 Å². The molecule has 0 aliphatic rings. The van der Waals surface area contributed by atoms with Crippen molar-refractivity contribution in [3.63, 3.8) is 0 Å². The van der Waals surface area contributed by atoms with E-state index < -0.39 is 4.92 Å². The van der Waals surface area contributed by atoms with Gasteiger partial charge in [-0.15, -0.1) is 0 Å². The second-order valence-corrected chi connectivity index (χ2v) is 4.24. The van der Waals surface area contributed by atoms with Gasteiger partial charge in [0.2, 0.25) is 0 Å². The largest absolute Gasteiger partial charge is 0.434 e. The van der Waals surface area contributed by atoms with Gasteiger partial charge in [0, 0.05) is 11.1 Å². The molecule has 2 rings (SSSR count). The Balaban J connectivity index is 2.39. The van der Waals surface area contributed by atoms with Crippen LogP contribution in [0.3, 0.4) is 0 Å². The lowest BCUT2D eigenvalue weighted by Gasteiger charge is -2.07. The first-order valence-electron chi connectivity index (χ1n) is 5.32. The molecule has 0 bridgehead atoms. The molecule has 1 aromatic heterocycles. The maximum Gasteiger partial charge on any atom is 0.331 e. The highest BCUT2D eigenvalue weighted by molar-refractivity contribution is 6.31. The van der Waals surface area contributed by atoms with Gasteiger partial charge in [-0.25, -0.2) is 0 Å². The molecule has 0 aliphatic carbocycles. The molecule has 0 fully saturated rings. The van der Waals surface area contributed by atoms with Gasteiger partial charge in [0.25, 0.3) is 0 Å². The van der Waals surface area contributed by atoms with E-state index in [-0.39, 0.29) is 17.4 Å². The van der Waals surface area contributed by atoms with E-state index >= 15 is 0 Å². The number of aryl methyl sites for hydroxylation is 1. The van der Waals surface area contributed by atoms with E-state index in [2.05, 4.69) is 4.98 Å². The molecule has 7 heteroatoms. The van der Waals surface area contributed by atoms with Crippen LogP contribution in [0.5, 0.6) is 11.6 Å². The van der Waals surface area contributed by atoms with Crippen LogP contribution in [-0.2, 0) is 0 Å². The first-order chi connectivity index (χ1) is 8.97. The Labute approximate surface area is 113 Å². The first kappa shape index (κ1) is 13.1. The predicted octanol–water partition coefficient (Wildman–Crippen LogP) is 3.33. The minimum absolute atomic E-state index is 0.145. The summed E-state index contributed by atoms with van der Waals surface area (Å²) in [5.74, 6) is 0.404. The van der Waals surface area contributed by atoms with Crippen molar-refractivity contribution >= 4 is 23.1 Å². The van der Waals surface area contributed by atoms with Gasteiger partial charge < -0.3 is 10.5 Å². The van der Waals surface area contributed by atoms with Crippen LogP contribution in [0.1, 0.15) is 5.56 Å². The molecule has 1 aromatic carbocycles. The van der Waals surface area contributed by atoms with Crippen molar-refractivity contribution in [2.45, 2.75) is 6.92 Å². The lowest BCUT2D eigenvalue weighted by Crippen LogP contribution is -1.99. The fourth-order valence-corrected chi connectivity index (χ4v) is 1.57. The highest BCUT2D eigenvalue weighted by Crippen LogP contribution is 2.31. The standard InChI is InChI=1S/C12H10ClN3O3/c1-7-6-8(2-3-9(7)13)19-12-10(16(17)18)4-5-11(14)15-12/h2-6H,1H3,(H2,14,15). The second-order valence-electron chi connectivity index (χ2n) is 3.83. The second kappa shape index (κ2) is 5.11. The Bertz CT molecular complexity index is 646. The van der Waals surface area contributed by atoms with Crippen molar-refractivity contribution in [3.8, 4) is 11.6 Å². The Morgan fingerprint density at radius 1 is 1.37 bits per heavy atom. The van der Waals surface area contributed by atoms with Crippen molar-refractivity contribution in [3.05, 3.63) is 51.0 Å². The highest BCUT2D eigenvalue weighted by atomic mass is 35.5. The van der Waals surface area contributed by atoms with Crippen LogP contribution < -0.4 is 10.5 Å². The lowest BCUT2D eigenvalue weighted by molar-refractivity contribution is -0.386. The number of anilines is 1. The number of aromatic nitrogens is 1. The molecule has 0 atom stereocenters. The van der Waals surface area contributed by atoms with Crippen LogP contribution >= 0.6 is 11.6 Å².